The quantitative estimate of drug-likeness (QED) is 0.743. The summed E-state index contributed by atoms with van der Waals surface area (Å²) in [5, 5.41) is 10.8. The molecule has 0 radical (unpaired) electrons. The molecule has 3 rings (SSSR count). The van der Waals surface area contributed by atoms with E-state index in [2.05, 4.69) is 27.6 Å². The van der Waals surface area contributed by atoms with Crippen LogP contribution in [0.4, 0.5) is 11.5 Å². The summed E-state index contributed by atoms with van der Waals surface area (Å²) < 4.78 is 10.6. The Morgan fingerprint density at radius 1 is 0.957 bits per heavy atom. The molecule has 0 fully saturated rings. The van der Waals surface area contributed by atoms with E-state index >= 15 is 0 Å². The highest BCUT2D eigenvalue weighted by atomic mass is 16.5. The maximum atomic E-state index is 5.31. The molecule has 3 aromatic rings. The summed E-state index contributed by atoms with van der Waals surface area (Å²) in [5.41, 5.74) is 4.02. The summed E-state index contributed by atoms with van der Waals surface area (Å²) in [4.78, 5) is 0. The van der Waals surface area contributed by atoms with Gasteiger partial charge >= 0.3 is 0 Å². The Labute approximate surface area is 135 Å². The zero-order valence-electron chi connectivity index (χ0n) is 13.4. The molecular formula is C18H19N3O2. The highest BCUT2D eigenvalue weighted by Gasteiger charge is 2.13. The number of anilines is 2. The lowest BCUT2D eigenvalue weighted by molar-refractivity contribution is 0.395. The molecule has 2 N–H and O–H groups in total. The van der Waals surface area contributed by atoms with Crippen molar-refractivity contribution < 1.29 is 9.47 Å². The van der Waals surface area contributed by atoms with Crippen LogP contribution in [0.5, 0.6) is 11.5 Å². The van der Waals surface area contributed by atoms with Crippen LogP contribution < -0.4 is 14.8 Å². The monoisotopic (exact) mass is 309 g/mol. The lowest BCUT2D eigenvalue weighted by Crippen LogP contribution is -1.95. The molecule has 118 valence electrons. The molecule has 0 saturated heterocycles. The van der Waals surface area contributed by atoms with Gasteiger partial charge in [-0.05, 0) is 12.5 Å². The number of hydrogen-bond donors (Lipinski definition) is 2. The average molecular weight is 309 g/mol. The first-order valence-corrected chi connectivity index (χ1v) is 7.31. The van der Waals surface area contributed by atoms with E-state index in [1.807, 2.05) is 43.3 Å². The number of rotatable bonds is 5. The second-order valence-electron chi connectivity index (χ2n) is 5.16. The molecule has 5 heteroatoms. The van der Waals surface area contributed by atoms with Crippen molar-refractivity contribution >= 4 is 11.5 Å². The normalized spacial score (nSPS) is 10.4. The number of ether oxygens (including phenoxy) is 2. The summed E-state index contributed by atoms with van der Waals surface area (Å²) in [6.45, 7) is 2.01. The molecule has 23 heavy (non-hydrogen) atoms. The van der Waals surface area contributed by atoms with E-state index in [0.29, 0.717) is 0 Å². The second-order valence-corrected chi connectivity index (χ2v) is 5.16. The first-order valence-electron chi connectivity index (χ1n) is 7.31. The number of nitrogens with zero attached hydrogens (tertiary/aromatic N) is 1. The van der Waals surface area contributed by atoms with Gasteiger partial charge in [-0.1, -0.05) is 30.3 Å². The van der Waals surface area contributed by atoms with Crippen molar-refractivity contribution in [1.82, 2.24) is 10.2 Å². The maximum Gasteiger partial charge on any atom is 0.160 e. The smallest absolute Gasteiger partial charge is 0.160 e. The lowest BCUT2D eigenvalue weighted by Gasteiger charge is -2.11. The summed E-state index contributed by atoms with van der Waals surface area (Å²) in [6.07, 6.45) is 0. The Kier molecular flexibility index (Phi) is 4.19. The van der Waals surface area contributed by atoms with Gasteiger partial charge in [0.05, 0.1) is 14.2 Å². The number of aromatic amines is 1. The first kappa shape index (κ1) is 15.0. The van der Waals surface area contributed by atoms with Crippen molar-refractivity contribution in [3.05, 3.63) is 54.2 Å². The molecule has 0 amide bonds. The van der Waals surface area contributed by atoms with Crippen molar-refractivity contribution in [1.29, 1.82) is 0 Å². The Balaban J connectivity index is 1.99. The van der Waals surface area contributed by atoms with Crippen LogP contribution in [0.2, 0.25) is 0 Å². The summed E-state index contributed by atoms with van der Waals surface area (Å²) in [5.74, 6) is 2.21. The molecule has 0 aliphatic heterocycles. The third-order valence-corrected chi connectivity index (χ3v) is 3.62. The predicted molar refractivity (Wildman–Crippen MR) is 91.6 cm³/mol. The van der Waals surface area contributed by atoms with Gasteiger partial charge in [0.25, 0.3) is 0 Å². The van der Waals surface area contributed by atoms with Crippen LogP contribution in [0.15, 0.2) is 48.5 Å². The third-order valence-electron chi connectivity index (χ3n) is 3.62. The molecule has 0 aliphatic rings. The molecule has 2 aromatic carbocycles. The molecule has 0 aliphatic carbocycles. The summed E-state index contributed by atoms with van der Waals surface area (Å²) in [7, 11) is 3.26. The van der Waals surface area contributed by atoms with E-state index in [0.717, 1.165) is 39.8 Å². The van der Waals surface area contributed by atoms with Crippen molar-refractivity contribution in [3.8, 4) is 22.6 Å². The zero-order chi connectivity index (χ0) is 16.2. The van der Waals surface area contributed by atoms with Crippen LogP contribution in [-0.4, -0.2) is 24.4 Å². The Bertz CT molecular complexity index is 775. The second kappa shape index (κ2) is 6.44. The molecule has 0 spiro atoms. The molecular weight excluding hydrogens is 290 g/mol. The zero-order valence-corrected chi connectivity index (χ0v) is 13.4. The number of aromatic nitrogens is 2. The van der Waals surface area contributed by atoms with Gasteiger partial charge in [-0.25, -0.2) is 0 Å². The van der Waals surface area contributed by atoms with Gasteiger partial charge in [0.2, 0.25) is 0 Å². The van der Waals surface area contributed by atoms with E-state index in [-0.39, 0.29) is 0 Å². The van der Waals surface area contributed by atoms with Crippen LogP contribution in [0, 0.1) is 6.92 Å². The van der Waals surface area contributed by atoms with Crippen LogP contribution in [-0.2, 0) is 0 Å². The summed E-state index contributed by atoms with van der Waals surface area (Å²) >= 11 is 0. The molecule has 0 atom stereocenters. The molecule has 0 bridgehead atoms. The number of benzene rings is 2. The molecule has 1 aromatic heterocycles. The van der Waals surface area contributed by atoms with Crippen LogP contribution in [0.3, 0.4) is 0 Å². The topological polar surface area (TPSA) is 59.2 Å². The van der Waals surface area contributed by atoms with Crippen molar-refractivity contribution in [2.45, 2.75) is 6.92 Å². The van der Waals surface area contributed by atoms with Crippen LogP contribution >= 0.6 is 0 Å². The van der Waals surface area contributed by atoms with Gasteiger partial charge in [-0.15, -0.1) is 0 Å². The van der Waals surface area contributed by atoms with Crippen LogP contribution in [0.25, 0.3) is 11.1 Å². The number of methoxy groups -OCH3 is 2. The largest absolute Gasteiger partial charge is 0.497 e. The van der Waals surface area contributed by atoms with Gasteiger partial charge in [-0.2, -0.15) is 5.10 Å². The average Bonchev–Trinajstić information content (AvgIpc) is 2.95. The van der Waals surface area contributed by atoms with Crippen molar-refractivity contribution in [2.24, 2.45) is 0 Å². The molecule has 0 saturated carbocycles. The summed E-state index contributed by atoms with van der Waals surface area (Å²) in [6, 6.07) is 15.8. The Morgan fingerprint density at radius 2 is 1.61 bits per heavy atom. The fourth-order valence-corrected chi connectivity index (χ4v) is 2.49. The third kappa shape index (κ3) is 3.13. The van der Waals surface area contributed by atoms with E-state index < -0.39 is 0 Å². The minimum Gasteiger partial charge on any atom is -0.497 e. The Hall–Kier alpha value is -2.95. The van der Waals surface area contributed by atoms with Gasteiger partial charge in [0, 0.05) is 35.1 Å². The van der Waals surface area contributed by atoms with E-state index in [1.54, 1.807) is 14.2 Å². The SMILES string of the molecule is COc1cc(Nc2n[nH]c(C)c2-c2ccccc2)cc(OC)c1. The highest BCUT2D eigenvalue weighted by Crippen LogP contribution is 2.33. The fraction of sp³-hybridized carbons (Fsp3) is 0.167. The van der Waals surface area contributed by atoms with Gasteiger partial charge < -0.3 is 14.8 Å². The number of aryl methyl sites for hydroxylation is 1. The standard InChI is InChI=1S/C18H19N3O2/c1-12-17(13-7-5-4-6-8-13)18(21-20-12)19-14-9-15(22-2)11-16(10-14)23-3/h4-11H,1-3H3,(H2,19,20,21). The van der Waals surface area contributed by atoms with E-state index in [4.69, 9.17) is 9.47 Å². The minimum absolute atomic E-state index is 0.723. The highest BCUT2D eigenvalue weighted by molar-refractivity contribution is 5.80. The van der Waals surface area contributed by atoms with Gasteiger partial charge in [0.1, 0.15) is 11.5 Å². The van der Waals surface area contributed by atoms with Gasteiger partial charge in [-0.3, -0.25) is 5.10 Å². The number of nitrogens with one attached hydrogen (secondary N) is 2. The van der Waals surface area contributed by atoms with Crippen molar-refractivity contribution in [2.75, 3.05) is 19.5 Å². The fourth-order valence-electron chi connectivity index (χ4n) is 2.49. The molecule has 0 unspecified atom stereocenters. The van der Waals surface area contributed by atoms with Crippen LogP contribution in [0.1, 0.15) is 5.69 Å². The maximum absolute atomic E-state index is 5.31. The molecule has 1 heterocycles. The minimum atomic E-state index is 0.723. The van der Waals surface area contributed by atoms with Crippen molar-refractivity contribution in [3.63, 3.8) is 0 Å². The molecule has 5 nitrogen and oxygen atoms in total. The Morgan fingerprint density at radius 3 is 2.22 bits per heavy atom. The number of H-pyrrole nitrogens is 1. The first-order chi connectivity index (χ1) is 11.2. The van der Waals surface area contributed by atoms with Gasteiger partial charge in [0.15, 0.2) is 5.82 Å². The van der Waals surface area contributed by atoms with E-state index in [1.165, 1.54) is 0 Å². The lowest BCUT2D eigenvalue weighted by atomic mass is 10.1. The number of hydrogen-bond acceptors (Lipinski definition) is 4. The predicted octanol–water partition coefficient (Wildman–Crippen LogP) is 4.15. The van der Waals surface area contributed by atoms with E-state index in [9.17, 15) is 0 Å².